The highest BCUT2D eigenvalue weighted by Gasteiger charge is 1.99. The predicted molar refractivity (Wildman–Crippen MR) is 87.5 cm³/mol. The normalized spacial score (nSPS) is 9.85. The number of ether oxygens (including phenoxy) is 1. The predicted octanol–water partition coefficient (Wildman–Crippen LogP) is 5.01. The van der Waals surface area contributed by atoms with E-state index >= 15 is 0 Å². The number of benzene rings is 3. The Kier molecular flexibility index (Phi) is 4.49. The van der Waals surface area contributed by atoms with Crippen molar-refractivity contribution in [1.82, 2.24) is 0 Å². The minimum Gasteiger partial charge on any atom is -0.497 e. The lowest BCUT2D eigenvalue weighted by atomic mass is 10.1. The van der Waals surface area contributed by atoms with Crippen LogP contribution < -0.4 is 10.1 Å². The van der Waals surface area contributed by atoms with Gasteiger partial charge in [0.25, 0.3) is 0 Å². The molecule has 2 nitrogen and oxygen atoms in total. The van der Waals surface area contributed by atoms with Crippen molar-refractivity contribution in [2.75, 3.05) is 12.4 Å². The van der Waals surface area contributed by atoms with E-state index in [1.54, 1.807) is 7.11 Å². The van der Waals surface area contributed by atoms with Crippen molar-refractivity contribution in [3.05, 3.63) is 66.7 Å². The van der Waals surface area contributed by atoms with Crippen LogP contribution in [0.25, 0.3) is 10.8 Å². The lowest BCUT2D eigenvalue weighted by Crippen LogP contribution is -1.89. The highest BCUT2D eigenvalue weighted by molar-refractivity contribution is 5.87. The molecule has 0 atom stereocenters. The third-order valence-corrected chi connectivity index (χ3v) is 3.11. The average Bonchev–Trinajstić information content (AvgIpc) is 2.48. The second-order valence-corrected chi connectivity index (χ2v) is 4.42. The summed E-state index contributed by atoms with van der Waals surface area (Å²) in [5.74, 6) is 0.885. The molecule has 0 heterocycles. The first-order valence-corrected chi connectivity index (χ1v) is 6.25. The van der Waals surface area contributed by atoms with Gasteiger partial charge in [0, 0.05) is 11.4 Å². The maximum Gasteiger partial charge on any atom is 0.119 e. The summed E-state index contributed by atoms with van der Waals surface area (Å²) in [6.07, 6.45) is 0. The molecule has 0 saturated heterocycles. The van der Waals surface area contributed by atoms with Gasteiger partial charge < -0.3 is 10.1 Å². The molecular formula is C17H16ClNO. The lowest BCUT2D eigenvalue weighted by Gasteiger charge is -2.08. The molecule has 0 amide bonds. The molecule has 20 heavy (non-hydrogen) atoms. The summed E-state index contributed by atoms with van der Waals surface area (Å²) in [6, 6.07) is 22.6. The van der Waals surface area contributed by atoms with Gasteiger partial charge in [-0.2, -0.15) is 0 Å². The lowest BCUT2D eigenvalue weighted by molar-refractivity contribution is 0.415. The van der Waals surface area contributed by atoms with Gasteiger partial charge in [-0.05, 0) is 47.2 Å². The van der Waals surface area contributed by atoms with Gasteiger partial charge in [0.05, 0.1) is 7.11 Å². The van der Waals surface area contributed by atoms with E-state index in [4.69, 9.17) is 4.74 Å². The SMILES string of the molecule is COc1ccc2cc(Nc3ccccc3)ccc2c1.Cl. The summed E-state index contributed by atoms with van der Waals surface area (Å²) in [7, 11) is 1.69. The van der Waals surface area contributed by atoms with Gasteiger partial charge in [0.2, 0.25) is 0 Å². The van der Waals surface area contributed by atoms with Crippen molar-refractivity contribution in [2.45, 2.75) is 0 Å². The van der Waals surface area contributed by atoms with E-state index in [2.05, 4.69) is 41.7 Å². The zero-order valence-electron chi connectivity index (χ0n) is 11.2. The number of fused-ring (bicyclic) bond motifs is 1. The Morgan fingerprint density at radius 2 is 1.45 bits per heavy atom. The summed E-state index contributed by atoms with van der Waals surface area (Å²) in [4.78, 5) is 0. The van der Waals surface area contributed by atoms with Crippen LogP contribution in [-0.2, 0) is 0 Å². The van der Waals surface area contributed by atoms with Crippen LogP contribution in [0, 0.1) is 0 Å². The molecule has 0 saturated carbocycles. The van der Waals surface area contributed by atoms with Gasteiger partial charge >= 0.3 is 0 Å². The van der Waals surface area contributed by atoms with Crippen molar-refractivity contribution in [3.8, 4) is 5.75 Å². The minimum absolute atomic E-state index is 0. The Labute approximate surface area is 124 Å². The van der Waals surface area contributed by atoms with Gasteiger partial charge in [0.15, 0.2) is 0 Å². The van der Waals surface area contributed by atoms with Gasteiger partial charge in [-0.1, -0.05) is 30.3 Å². The van der Waals surface area contributed by atoms with Crippen LogP contribution in [0.2, 0.25) is 0 Å². The van der Waals surface area contributed by atoms with E-state index in [0.717, 1.165) is 17.1 Å². The number of para-hydroxylation sites is 1. The van der Waals surface area contributed by atoms with Crippen molar-refractivity contribution in [3.63, 3.8) is 0 Å². The second-order valence-electron chi connectivity index (χ2n) is 4.42. The number of methoxy groups -OCH3 is 1. The Morgan fingerprint density at radius 3 is 2.20 bits per heavy atom. The van der Waals surface area contributed by atoms with E-state index in [9.17, 15) is 0 Å². The molecule has 0 spiro atoms. The molecule has 1 N–H and O–H groups in total. The molecule has 0 aliphatic rings. The Balaban J connectivity index is 0.00000147. The molecule has 0 aliphatic heterocycles. The Bertz CT molecular complexity index is 698. The van der Waals surface area contributed by atoms with Crippen LogP contribution in [0.15, 0.2) is 66.7 Å². The number of hydrogen-bond acceptors (Lipinski definition) is 2. The Hall–Kier alpha value is -2.19. The van der Waals surface area contributed by atoms with E-state index in [1.165, 1.54) is 10.8 Å². The first-order chi connectivity index (χ1) is 9.35. The first-order valence-electron chi connectivity index (χ1n) is 6.25. The summed E-state index contributed by atoms with van der Waals surface area (Å²) < 4.78 is 5.23. The zero-order valence-corrected chi connectivity index (χ0v) is 12.0. The van der Waals surface area contributed by atoms with Crippen molar-refractivity contribution >= 4 is 34.6 Å². The summed E-state index contributed by atoms with van der Waals surface area (Å²) in [5.41, 5.74) is 2.18. The number of rotatable bonds is 3. The number of nitrogens with one attached hydrogen (secondary N) is 1. The second kappa shape index (κ2) is 6.31. The fraction of sp³-hybridized carbons (Fsp3) is 0.0588. The van der Waals surface area contributed by atoms with Crippen LogP contribution >= 0.6 is 12.4 Å². The van der Waals surface area contributed by atoms with Crippen LogP contribution in [-0.4, -0.2) is 7.11 Å². The molecule has 102 valence electrons. The topological polar surface area (TPSA) is 21.3 Å². The summed E-state index contributed by atoms with van der Waals surface area (Å²) >= 11 is 0. The van der Waals surface area contributed by atoms with Crippen molar-refractivity contribution < 1.29 is 4.74 Å². The van der Waals surface area contributed by atoms with Crippen molar-refractivity contribution in [1.29, 1.82) is 0 Å². The third-order valence-electron chi connectivity index (χ3n) is 3.11. The van der Waals surface area contributed by atoms with E-state index in [0.29, 0.717) is 0 Å². The molecule has 3 aromatic carbocycles. The zero-order chi connectivity index (χ0) is 13.1. The van der Waals surface area contributed by atoms with Gasteiger partial charge in [0.1, 0.15) is 5.75 Å². The minimum atomic E-state index is 0. The van der Waals surface area contributed by atoms with Gasteiger partial charge in [-0.15, -0.1) is 12.4 Å². The largest absolute Gasteiger partial charge is 0.497 e. The monoisotopic (exact) mass is 285 g/mol. The fourth-order valence-electron chi connectivity index (χ4n) is 2.12. The molecule has 0 fully saturated rings. The van der Waals surface area contributed by atoms with Crippen LogP contribution in [0.1, 0.15) is 0 Å². The quantitative estimate of drug-likeness (QED) is 0.730. The summed E-state index contributed by atoms with van der Waals surface area (Å²) in [5, 5.41) is 5.77. The molecule has 3 heteroatoms. The van der Waals surface area contributed by atoms with Crippen LogP contribution in [0.3, 0.4) is 0 Å². The highest BCUT2D eigenvalue weighted by atomic mass is 35.5. The fourth-order valence-corrected chi connectivity index (χ4v) is 2.12. The van der Waals surface area contributed by atoms with Gasteiger partial charge in [-0.25, -0.2) is 0 Å². The first kappa shape index (κ1) is 14.2. The smallest absolute Gasteiger partial charge is 0.119 e. The molecule has 0 aliphatic carbocycles. The molecular weight excluding hydrogens is 270 g/mol. The average molecular weight is 286 g/mol. The molecule has 3 aromatic rings. The number of halogens is 1. The van der Waals surface area contributed by atoms with Crippen LogP contribution in [0.4, 0.5) is 11.4 Å². The maximum atomic E-state index is 5.23. The standard InChI is InChI=1S/C17H15NO.ClH/c1-19-17-10-8-13-11-16(9-7-14(13)12-17)18-15-5-3-2-4-6-15;/h2-12,18H,1H3;1H. The van der Waals surface area contributed by atoms with Crippen molar-refractivity contribution in [2.24, 2.45) is 0 Å². The molecule has 0 radical (unpaired) electrons. The van der Waals surface area contributed by atoms with E-state index in [1.807, 2.05) is 30.3 Å². The molecule has 0 bridgehead atoms. The molecule has 0 aromatic heterocycles. The third kappa shape index (κ3) is 3.03. The van der Waals surface area contributed by atoms with E-state index in [-0.39, 0.29) is 12.4 Å². The number of hydrogen-bond donors (Lipinski definition) is 1. The van der Waals surface area contributed by atoms with Gasteiger partial charge in [-0.3, -0.25) is 0 Å². The Morgan fingerprint density at radius 1 is 0.750 bits per heavy atom. The highest BCUT2D eigenvalue weighted by Crippen LogP contribution is 2.25. The molecule has 3 rings (SSSR count). The maximum absolute atomic E-state index is 5.23. The van der Waals surface area contributed by atoms with Crippen LogP contribution in [0.5, 0.6) is 5.75 Å². The number of anilines is 2. The molecule has 0 unspecified atom stereocenters. The summed E-state index contributed by atoms with van der Waals surface area (Å²) in [6.45, 7) is 0. The van der Waals surface area contributed by atoms with E-state index < -0.39 is 0 Å².